The van der Waals surface area contributed by atoms with E-state index < -0.39 is 0 Å². The maximum Gasteiger partial charge on any atom is 0.283 e. The standard InChI is InChI=1S/C17H13NO4/c1-21-16-13(19)8-11-14-12(18(22-2)17(11)20)7-9-5-3-4-6-10(9)15(14)16/h3-8,19H,1-2H3. The van der Waals surface area contributed by atoms with Crippen LogP contribution in [0.1, 0.15) is 10.4 Å². The van der Waals surface area contributed by atoms with Crippen molar-refractivity contribution in [1.82, 2.24) is 0 Å². The summed E-state index contributed by atoms with van der Waals surface area (Å²) in [7, 11) is 2.95. The zero-order valence-corrected chi connectivity index (χ0v) is 12.1. The molecule has 1 amide bonds. The van der Waals surface area contributed by atoms with Crippen LogP contribution < -0.4 is 9.80 Å². The van der Waals surface area contributed by atoms with Crippen LogP contribution in [0.25, 0.3) is 21.5 Å². The molecule has 0 bridgehead atoms. The fourth-order valence-electron chi connectivity index (χ4n) is 3.18. The second-order valence-electron chi connectivity index (χ2n) is 5.13. The van der Waals surface area contributed by atoms with Gasteiger partial charge in [0.25, 0.3) is 5.91 Å². The number of nitrogens with zero attached hydrogens (tertiary/aromatic N) is 1. The van der Waals surface area contributed by atoms with E-state index in [-0.39, 0.29) is 11.7 Å². The third kappa shape index (κ3) is 1.43. The number of carbonyl (C=O) groups is 1. The lowest BCUT2D eigenvalue weighted by Crippen LogP contribution is -2.24. The molecule has 0 atom stereocenters. The van der Waals surface area contributed by atoms with Crippen LogP contribution in [-0.4, -0.2) is 25.2 Å². The average Bonchev–Trinajstić information content (AvgIpc) is 2.79. The maximum atomic E-state index is 12.5. The lowest BCUT2D eigenvalue weighted by molar-refractivity contribution is 0.0787. The minimum atomic E-state index is -0.296. The molecule has 0 unspecified atom stereocenters. The number of anilines is 1. The quantitative estimate of drug-likeness (QED) is 0.737. The van der Waals surface area contributed by atoms with E-state index in [0.717, 1.165) is 21.5 Å². The number of hydrogen-bond acceptors (Lipinski definition) is 4. The van der Waals surface area contributed by atoms with E-state index in [9.17, 15) is 9.90 Å². The second kappa shape index (κ2) is 4.35. The Morgan fingerprint density at radius 1 is 1.09 bits per heavy atom. The van der Waals surface area contributed by atoms with Gasteiger partial charge in [-0.3, -0.25) is 9.63 Å². The summed E-state index contributed by atoms with van der Waals surface area (Å²) in [5, 5.41) is 14.8. The molecule has 110 valence electrons. The fraction of sp³-hybridized carbons (Fsp3) is 0.118. The summed E-state index contributed by atoms with van der Waals surface area (Å²) < 4.78 is 5.39. The third-order valence-electron chi connectivity index (χ3n) is 4.06. The number of phenolic OH excluding ortho intramolecular Hbond substituents is 1. The van der Waals surface area contributed by atoms with Gasteiger partial charge >= 0.3 is 0 Å². The molecule has 1 aliphatic rings. The molecule has 22 heavy (non-hydrogen) atoms. The Hall–Kier alpha value is -2.79. The Morgan fingerprint density at radius 3 is 2.59 bits per heavy atom. The molecule has 0 spiro atoms. The second-order valence-corrected chi connectivity index (χ2v) is 5.13. The van der Waals surface area contributed by atoms with Gasteiger partial charge in [0.1, 0.15) is 0 Å². The number of carbonyl (C=O) groups excluding carboxylic acids is 1. The Kier molecular flexibility index (Phi) is 2.55. The number of amides is 1. The van der Waals surface area contributed by atoms with Gasteiger partial charge in [0, 0.05) is 10.8 Å². The first-order valence-corrected chi connectivity index (χ1v) is 6.81. The SMILES string of the molecule is COc1c(O)cc2c3c(cc4ccccc4c13)N(OC)C2=O. The number of methoxy groups -OCH3 is 1. The van der Waals surface area contributed by atoms with Crippen molar-refractivity contribution in [2.75, 3.05) is 19.3 Å². The van der Waals surface area contributed by atoms with Crippen molar-refractivity contribution in [1.29, 1.82) is 0 Å². The van der Waals surface area contributed by atoms with Crippen LogP contribution in [0, 0.1) is 0 Å². The van der Waals surface area contributed by atoms with Gasteiger partial charge in [-0.15, -0.1) is 0 Å². The first-order chi connectivity index (χ1) is 10.7. The maximum absolute atomic E-state index is 12.5. The number of hydrogen-bond donors (Lipinski definition) is 1. The van der Waals surface area contributed by atoms with E-state index in [0.29, 0.717) is 17.0 Å². The lowest BCUT2D eigenvalue weighted by Gasteiger charge is -2.15. The number of aromatic hydroxyl groups is 1. The van der Waals surface area contributed by atoms with Gasteiger partial charge in [0.15, 0.2) is 11.5 Å². The number of hydroxylamine groups is 1. The van der Waals surface area contributed by atoms with Crippen molar-refractivity contribution in [3.63, 3.8) is 0 Å². The van der Waals surface area contributed by atoms with Crippen LogP contribution in [0.15, 0.2) is 36.4 Å². The summed E-state index contributed by atoms with van der Waals surface area (Å²) in [6.45, 7) is 0. The summed E-state index contributed by atoms with van der Waals surface area (Å²) in [5.41, 5.74) is 1.07. The third-order valence-corrected chi connectivity index (χ3v) is 4.06. The predicted molar refractivity (Wildman–Crippen MR) is 83.5 cm³/mol. The molecular formula is C17H13NO4. The Labute approximate surface area is 126 Å². The normalized spacial score (nSPS) is 13.4. The molecule has 0 saturated carbocycles. The van der Waals surface area contributed by atoms with Gasteiger partial charge in [-0.25, -0.2) is 0 Å². The average molecular weight is 295 g/mol. The van der Waals surface area contributed by atoms with Gasteiger partial charge in [0.05, 0.1) is 25.5 Å². The molecule has 0 aromatic heterocycles. The molecule has 1 aliphatic heterocycles. The van der Waals surface area contributed by atoms with Crippen molar-refractivity contribution in [3.8, 4) is 11.5 Å². The van der Waals surface area contributed by atoms with Crippen molar-refractivity contribution in [2.45, 2.75) is 0 Å². The summed E-state index contributed by atoms with van der Waals surface area (Å²) in [5.74, 6) is 0.0110. The number of fused-ring (bicyclic) bond motifs is 2. The monoisotopic (exact) mass is 295 g/mol. The fourth-order valence-corrected chi connectivity index (χ4v) is 3.18. The molecule has 0 saturated heterocycles. The van der Waals surface area contributed by atoms with Gasteiger partial charge in [0.2, 0.25) is 0 Å². The first kappa shape index (κ1) is 12.9. The molecule has 1 N–H and O–H groups in total. The highest BCUT2D eigenvalue weighted by molar-refractivity contribution is 6.30. The van der Waals surface area contributed by atoms with Gasteiger partial charge in [-0.05, 0) is 22.9 Å². The minimum Gasteiger partial charge on any atom is -0.504 e. The summed E-state index contributed by atoms with van der Waals surface area (Å²) in [6.07, 6.45) is 0. The molecule has 0 aliphatic carbocycles. The number of phenols is 1. The van der Waals surface area contributed by atoms with E-state index in [1.54, 1.807) is 0 Å². The van der Waals surface area contributed by atoms with Crippen molar-refractivity contribution in [2.24, 2.45) is 0 Å². The molecule has 0 radical (unpaired) electrons. The summed E-state index contributed by atoms with van der Waals surface area (Å²) >= 11 is 0. The van der Waals surface area contributed by atoms with Crippen LogP contribution in [0.5, 0.6) is 11.5 Å². The van der Waals surface area contributed by atoms with Crippen LogP contribution in [0.2, 0.25) is 0 Å². The van der Waals surface area contributed by atoms with E-state index in [1.807, 2.05) is 30.3 Å². The molecular weight excluding hydrogens is 282 g/mol. The molecule has 3 aromatic carbocycles. The topological polar surface area (TPSA) is 59.0 Å². The van der Waals surface area contributed by atoms with E-state index >= 15 is 0 Å². The minimum absolute atomic E-state index is 0.0568. The zero-order chi connectivity index (χ0) is 15.4. The van der Waals surface area contributed by atoms with E-state index in [2.05, 4.69) is 0 Å². The Morgan fingerprint density at radius 2 is 1.86 bits per heavy atom. The van der Waals surface area contributed by atoms with Crippen LogP contribution in [-0.2, 0) is 4.84 Å². The van der Waals surface area contributed by atoms with Crippen molar-refractivity contribution in [3.05, 3.63) is 42.0 Å². The van der Waals surface area contributed by atoms with E-state index in [4.69, 9.17) is 9.57 Å². The number of benzene rings is 3. The zero-order valence-electron chi connectivity index (χ0n) is 12.1. The van der Waals surface area contributed by atoms with Gasteiger partial charge in [-0.1, -0.05) is 24.3 Å². The highest BCUT2D eigenvalue weighted by atomic mass is 16.7. The summed E-state index contributed by atoms with van der Waals surface area (Å²) in [4.78, 5) is 17.7. The van der Waals surface area contributed by atoms with Crippen LogP contribution >= 0.6 is 0 Å². The molecule has 0 fully saturated rings. The molecule has 5 heteroatoms. The van der Waals surface area contributed by atoms with Crippen molar-refractivity contribution >= 4 is 33.1 Å². The highest BCUT2D eigenvalue weighted by Crippen LogP contribution is 2.48. The predicted octanol–water partition coefficient (Wildman–Crippen LogP) is 3.23. The van der Waals surface area contributed by atoms with Crippen molar-refractivity contribution < 1.29 is 19.5 Å². The Balaban J connectivity index is 2.31. The van der Waals surface area contributed by atoms with Crippen LogP contribution in [0.4, 0.5) is 5.69 Å². The Bertz CT molecular complexity index is 948. The first-order valence-electron chi connectivity index (χ1n) is 6.81. The summed E-state index contributed by atoms with van der Waals surface area (Å²) in [6, 6.07) is 11.1. The van der Waals surface area contributed by atoms with E-state index in [1.165, 1.54) is 25.3 Å². The molecule has 5 nitrogen and oxygen atoms in total. The molecule has 3 aromatic rings. The largest absolute Gasteiger partial charge is 0.504 e. The van der Waals surface area contributed by atoms with Crippen LogP contribution in [0.3, 0.4) is 0 Å². The lowest BCUT2D eigenvalue weighted by atomic mass is 9.97. The number of rotatable bonds is 2. The highest BCUT2D eigenvalue weighted by Gasteiger charge is 2.34. The smallest absolute Gasteiger partial charge is 0.283 e. The number of ether oxygens (including phenoxy) is 1. The van der Waals surface area contributed by atoms with Gasteiger partial charge < -0.3 is 9.84 Å². The molecule has 4 rings (SSSR count). The van der Waals surface area contributed by atoms with Gasteiger partial charge in [-0.2, -0.15) is 5.06 Å². The molecule has 1 heterocycles.